The largest absolute Gasteiger partial charge is 0.448 e. The predicted molar refractivity (Wildman–Crippen MR) is 123 cm³/mol. The van der Waals surface area contributed by atoms with Crippen LogP contribution in [0.25, 0.3) is 0 Å². The quantitative estimate of drug-likeness (QED) is 0.374. The fourth-order valence-electron chi connectivity index (χ4n) is 3.33. The van der Waals surface area contributed by atoms with Crippen LogP contribution in [0.3, 0.4) is 0 Å². The molecule has 0 radical (unpaired) electrons. The summed E-state index contributed by atoms with van der Waals surface area (Å²) in [6.07, 6.45) is 0.724. The van der Waals surface area contributed by atoms with Crippen LogP contribution in [0.5, 0.6) is 0 Å². The maximum Gasteiger partial charge on any atom is 0.312 e. The summed E-state index contributed by atoms with van der Waals surface area (Å²) >= 11 is 0. The smallest absolute Gasteiger partial charge is 0.312 e. The lowest BCUT2D eigenvalue weighted by molar-refractivity contribution is -0.164. The molecule has 0 saturated heterocycles. The molecule has 29 heavy (non-hydrogen) atoms. The van der Waals surface area contributed by atoms with E-state index in [4.69, 9.17) is 4.74 Å². The van der Waals surface area contributed by atoms with Gasteiger partial charge in [0.2, 0.25) is 0 Å². The first-order valence-corrected chi connectivity index (χ1v) is 11.9. The van der Waals surface area contributed by atoms with E-state index < -0.39 is 18.9 Å². The first-order valence-electron chi connectivity index (χ1n) is 9.94. The molecule has 0 amide bonds. The van der Waals surface area contributed by atoms with Crippen LogP contribution in [0.4, 0.5) is 0 Å². The van der Waals surface area contributed by atoms with Gasteiger partial charge in [-0.1, -0.05) is 98.9 Å². The number of esters is 1. The minimum Gasteiger partial charge on any atom is -0.448 e. The fourth-order valence-corrected chi connectivity index (χ4v) is 5.29. The molecule has 3 rings (SSSR count). The van der Waals surface area contributed by atoms with Gasteiger partial charge in [0.05, 0.1) is 5.41 Å². The molecule has 0 heterocycles. The lowest BCUT2D eigenvalue weighted by atomic mass is 9.86. The van der Waals surface area contributed by atoms with Crippen molar-refractivity contribution in [2.45, 2.75) is 26.4 Å². The Bertz CT molecular complexity index is 876. The Balaban J connectivity index is 2.15. The minimum absolute atomic E-state index is 0.193. The topological polar surface area (TPSA) is 26.3 Å². The third kappa shape index (κ3) is 4.95. The van der Waals surface area contributed by atoms with Crippen LogP contribution in [-0.2, 0) is 15.1 Å². The van der Waals surface area contributed by atoms with Gasteiger partial charge in [-0.25, -0.2) is 0 Å². The highest BCUT2D eigenvalue weighted by atomic mass is 31.1. The Morgan fingerprint density at radius 2 is 1.17 bits per heavy atom. The number of benzene rings is 3. The highest BCUT2D eigenvalue weighted by molar-refractivity contribution is 7.64. The van der Waals surface area contributed by atoms with Gasteiger partial charge in [0, 0.05) is 17.3 Å². The molecule has 0 aliphatic carbocycles. The second-order valence-corrected chi connectivity index (χ2v) is 10.6. The third-order valence-electron chi connectivity index (χ3n) is 5.02. The molecule has 1 atom stereocenters. The Labute approximate surface area is 175 Å². The van der Waals surface area contributed by atoms with Gasteiger partial charge in [-0.2, -0.15) is 0 Å². The zero-order chi connectivity index (χ0) is 20.9. The number of carbonyl (C=O) groups excluding carboxylic acids is 1. The summed E-state index contributed by atoms with van der Waals surface area (Å²) in [4.78, 5) is 13.1. The van der Waals surface area contributed by atoms with Crippen molar-refractivity contribution >= 4 is 19.2 Å². The number of carbonyl (C=O) groups is 1. The van der Waals surface area contributed by atoms with Crippen molar-refractivity contribution in [3.05, 3.63) is 102 Å². The Hall–Kier alpha value is -2.44. The van der Waals surface area contributed by atoms with Gasteiger partial charge >= 0.3 is 5.97 Å². The summed E-state index contributed by atoms with van der Waals surface area (Å²) in [6.45, 7) is 7.97. The average Bonchev–Trinajstić information content (AvgIpc) is 2.74. The molecule has 3 heteroatoms. The summed E-state index contributed by atoms with van der Waals surface area (Å²) in [7, 11) is -0.555. The monoisotopic (exact) mass is 404 g/mol. The highest BCUT2D eigenvalue weighted by Crippen LogP contribution is 2.45. The first-order chi connectivity index (χ1) is 13.8. The van der Waals surface area contributed by atoms with Crippen molar-refractivity contribution in [1.29, 1.82) is 0 Å². The maximum atomic E-state index is 13.1. The lowest BCUT2D eigenvalue weighted by Crippen LogP contribution is -2.41. The van der Waals surface area contributed by atoms with Crippen molar-refractivity contribution in [2.75, 3.05) is 12.8 Å². The zero-order valence-electron chi connectivity index (χ0n) is 17.6. The average molecular weight is 404 g/mol. The van der Waals surface area contributed by atoms with Crippen LogP contribution in [0.15, 0.2) is 91.0 Å². The van der Waals surface area contributed by atoms with E-state index in [2.05, 4.69) is 55.2 Å². The summed E-state index contributed by atoms with van der Waals surface area (Å²) in [5.41, 5.74) is 0.601. The molecule has 0 fully saturated rings. The van der Waals surface area contributed by atoms with Crippen LogP contribution >= 0.6 is 7.92 Å². The number of hydrogen-bond donors (Lipinski definition) is 0. The zero-order valence-corrected chi connectivity index (χ0v) is 18.5. The standard InChI is InChI=1S/C26H29O2P/c1-25(2,3)24(27)28-26(21-14-8-5-9-15-21,22-16-10-6-11-17-22)20-29(4)23-18-12-7-13-19-23/h5-19H,20H2,1-4H3. The van der Waals surface area contributed by atoms with Crippen LogP contribution in [0.1, 0.15) is 31.9 Å². The van der Waals surface area contributed by atoms with E-state index in [1.54, 1.807) is 0 Å². The summed E-state index contributed by atoms with van der Waals surface area (Å²) < 4.78 is 6.44. The fraction of sp³-hybridized carbons (Fsp3) is 0.269. The predicted octanol–water partition coefficient (Wildman–Crippen LogP) is 5.96. The molecule has 2 nitrogen and oxygen atoms in total. The number of hydrogen-bond acceptors (Lipinski definition) is 2. The molecule has 3 aromatic carbocycles. The Morgan fingerprint density at radius 3 is 1.59 bits per heavy atom. The van der Waals surface area contributed by atoms with Crippen molar-refractivity contribution in [2.24, 2.45) is 5.41 Å². The molecule has 0 saturated carbocycles. The SMILES string of the molecule is CP(CC(OC(=O)C(C)(C)C)(c1ccccc1)c1ccccc1)c1ccccc1. The molecule has 0 aliphatic heterocycles. The molecule has 1 unspecified atom stereocenters. The van der Waals surface area contributed by atoms with E-state index in [1.165, 1.54) is 5.30 Å². The second kappa shape index (κ2) is 8.93. The number of rotatable bonds is 6. The minimum atomic E-state index is -0.830. The van der Waals surface area contributed by atoms with E-state index in [-0.39, 0.29) is 5.97 Å². The van der Waals surface area contributed by atoms with Crippen molar-refractivity contribution < 1.29 is 9.53 Å². The molecule has 0 bridgehead atoms. The van der Waals surface area contributed by atoms with E-state index in [0.717, 1.165) is 17.3 Å². The van der Waals surface area contributed by atoms with Gasteiger partial charge in [0.15, 0.2) is 5.60 Å². The molecule has 0 aliphatic rings. The van der Waals surface area contributed by atoms with E-state index in [1.807, 2.05) is 63.2 Å². The normalized spacial score (nSPS) is 13.0. The van der Waals surface area contributed by atoms with Crippen LogP contribution < -0.4 is 5.30 Å². The summed E-state index contributed by atoms with van der Waals surface area (Å²) in [5, 5.41) is 1.30. The van der Waals surface area contributed by atoms with Gasteiger partial charge in [-0.15, -0.1) is 0 Å². The summed E-state index contributed by atoms with van der Waals surface area (Å²) in [6, 6.07) is 30.8. The van der Waals surface area contributed by atoms with Gasteiger partial charge in [0.1, 0.15) is 0 Å². The highest BCUT2D eigenvalue weighted by Gasteiger charge is 2.42. The maximum absolute atomic E-state index is 13.1. The van der Waals surface area contributed by atoms with Crippen LogP contribution in [0, 0.1) is 5.41 Å². The van der Waals surface area contributed by atoms with E-state index in [0.29, 0.717) is 0 Å². The lowest BCUT2D eigenvalue weighted by Gasteiger charge is -2.38. The van der Waals surface area contributed by atoms with Gasteiger partial charge < -0.3 is 4.74 Å². The van der Waals surface area contributed by atoms with E-state index >= 15 is 0 Å². The van der Waals surface area contributed by atoms with E-state index in [9.17, 15) is 4.79 Å². The molecule has 150 valence electrons. The molecule has 0 N–H and O–H groups in total. The van der Waals surface area contributed by atoms with Gasteiger partial charge in [-0.3, -0.25) is 4.79 Å². The molecular weight excluding hydrogens is 375 g/mol. The van der Waals surface area contributed by atoms with Crippen molar-refractivity contribution in [1.82, 2.24) is 0 Å². The second-order valence-electron chi connectivity index (χ2n) is 8.39. The Morgan fingerprint density at radius 1 is 0.759 bits per heavy atom. The number of ether oxygens (including phenoxy) is 1. The molecule has 0 aromatic heterocycles. The first kappa shape index (κ1) is 21.3. The van der Waals surface area contributed by atoms with Crippen molar-refractivity contribution in [3.8, 4) is 0 Å². The molecule has 0 spiro atoms. The van der Waals surface area contributed by atoms with Crippen LogP contribution in [-0.4, -0.2) is 18.8 Å². The molecule has 3 aromatic rings. The molecular formula is C26H29O2P. The van der Waals surface area contributed by atoms with Crippen molar-refractivity contribution in [3.63, 3.8) is 0 Å². The van der Waals surface area contributed by atoms with Gasteiger partial charge in [-0.05, 0) is 32.7 Å². The Kier molecular flexibility index (Phi) is 6.55. The van der Waals surface area contributed by atoms with Crippen LogP contribution in [0.2, 0.25) is 0 Å². The summed E-state index contributed by atoms with van der Waals surface area (Å²) in [5.74, 6) is -0.193. The van der Waals surface area contributed by atoms with Gasteiger partial charge in [0.25, 0.3) is 0 Å². The third-order valence-corrected chi connectivity index (χ3v) is 7.12.